The SMILES string of the molecule is C[C@@H](Oc1ccc(Cl)cc1Cl)C(=O)NCCNC(=O)c1cnccn1. The third-order valence-corrected chi connectivity index (χ3v) is 3.60. The van der Waals surface area contributed by atoms with E-state index in [9.17, 15) is 9.59 Å². The highest BCUT2D eigenvalue weighted by Crippen LogP contribution is 2.28. The van der Waals surface area contributed by atoms with Crippen molar-refractivity contribution >= 4 is 35.0 Å². The molecule has 0 radical (unpaired) electrons. The van der Waals surface area contributed by atoms with E-state index in [4.69, 9.17) is 27.9 Å². The first-order valence-corrected chi connectivity index (χ1v) is 8.16. The van der Waals surface area contributed by atoms with Crippen LogP contribution in [-0.2, 0) is 4.79 Å². The van der Waals surface area contributed by atoms with Crippen molar-refractivity contribution in [2.45, 2.75) is 13.0 Å². The number of benzene rings is 1. The van der Waals surface area contributed by atoms with Gasteiger partial charge in [-0.1, -0.05) is 23.2 Å². The molecule has 0 aliphatic carbocycles. The molecule has 7 nitrogen and oxygen atoms in total. The molecule has 2 aromatic rings. The van der Waals surface area contributed by atoms with Crippen molar-refractivity contribution in [2.75, 3.05) is 13.1 Å². The summed E-state index contributed by atoms with van der Waals surface area (Å²) in [4.78, 5) is 31.4. The maximum absolute atomic E-state index is 12.0. The maximum atomic E-state index is 12.0. The summed E-state index contributed by atoms with van der Waals surface area (Å²) in [7, 11) is 0. The lowest BCUT2D eigenvalue weighted by molar-refractivity contribution is -0.127. The molecule has 0 unspecified atom stereocenters. The number of nitrogens with zero attached hydrogens (tertiary/aromatic N) is 2. The molecule has 1 heterocycles. The molecular formula is C16H16Cl2N4O3. The first-order valence-electron chi connectivity index (χ1n) is 7.41. The Morgan fingerprint density at radius 1 is 1.20 bits per heavy atom. The summed E-state index contributed by atoms with van der Waals surface area (Å²) >= 11 is 11.8. The number of hydrogen-bond acceptors (Lipinski definition) is 5. The van der Waals surface area contributed by atoms with E-state index in [0.717, 1.165) is 0 Å². The molecule has 1 aromatic carbocycles. The molecule has 0 bridgehead atoms. The van der Waals surface area contributed by atoms with Gasteiger partial charge in [-0.05, 0) is 25.1 Å². The summed E-state index contributed by atoms with van der Waals surface area (Å²) in [5, 5.41) is 6.08. The molecule has 0 saturated carbocycles. The summed E-state index contributed by atoms with van der Waals surface area (Å²) in [5.41, 5.74) is 0.211. The Morgan fingerprint density at radius 3 is 2.64 bits per heavy atom. The number of nitrogens with one attached hydrogen (secondary N) is 2. The van der Waals surface area contributed by atoms with E-state index in [-0.39, 0.29) is 30.6 Å². The van der Waals surface area contributed by atoms with Crippen LogP contribution in [0.2, 0.25) is 10.0 Å². The van der Waals surface area contributed by atoms with E-state index in [1.807, 2.05) is 0 Å². The average molecular weight is 383 g/mol. The van der Waals surface area contributed by atoms with Gasteiger partial charge >= 0.3 is 0 Å². The molecule has 0 saturated heterocycles. The van der Waals surface area contributed by atoms with E-state index < -0.39 is 6.10 Å². The quantitative estimate of drug-likeness (QED) is 0.715. The molecule has 132 valence electrons. The van der Waals surface area contributed by atoms with Crippen molar-refractivity contribution in [3.05, 3.63) is 52.5 Å². The van der Waals surface area contributed by atoms with Crippen LogP contribution in [0.5, 0.6) is 5.75 Å². The van der Waals surface area contributed by atoms with Crippen molar-refractivity contribution in [2.24, 2.45) is 0 Å². The Kier molecular flexibility index (Phi) is 6.97. The highest BCUT2D eigenvalue weighted by Gasteiger charge is 2.16. The number of carbonyl (C=O) groups is 2. The monoisotopic (exact) mass is 382 g/mol. The largest absolute Gasteiger partial charge is 0.479 e. The van der Waals surface area contributed by atoms with E-state index in [0.29, 0.717) is 15.8 Å². The standard InChI is InChI=1S/C16H16Cl2N4O3/c1-10(25-14-3-2-11(17)8-12(14)18)15(23)21-6-7-22-16(24)13-9-19-4-5-20-13/h2-5,8-10H,6-7H2,1H3,(H,21,23)(H,22,24)/t10-/m1/s1. The van der Waals surface area contributed by atoms with Gasteiger partial charge in [-0.2, -0.15) is 0 Å². The molecule has 0 aliphatic heterocycles. The highest BCUT2D eigenvalue weighted by molar-refractivity contribution is 6.35. The fourth-order valence-electron chi connectivity index (χ4n) is 1.83. The van der Waals surface area contributed by atoms with E-state index >= 15 is 0 Å². The Hall–Kier alpha value is -2.38. The zero-order valence-electron chi connectivity index (χ0n) is 13.3. The molecule has 1 aromatic heterocycles. The zero-order chi connectivity index (χ0) is 18.2. The average Bonchev–Trinajstić information content (AvgIpc) is 2.61. The lowest BCUT2D eigenvalue weighted by Crippen LogP contribution is -2.40. The lowest BCUT2D eigenvalue weighted by atomic mass is 10.3. The Morgan fingerprint density at radius 2 is 1.96 bits per heavy atom. The van der Waals surface area contributed by atoms with Gasteiger partial charge in [0.1, 0.15) is 11.4 Å². The molecule has 0 spiro atoms. The van der Waals surface area contributed by atoms with Gasteiger partial charge in [0.25, 0.3) is 11.8 Å². The summed E-state index contributed by atoms with van der Waals surface area (Å²) in [6.45, 7) is 2.08. The predicted octanol–water partition coefficient (Wildman–Crippen LogP) is 2.10. The van der Waals surface area contributed by atoms with Gasteiger partial charge in [0.2, 0.25) is 0 Å². The number of aromatic nitrogens is 2. The third kappa shape index (κ3) is 5.88. The van der Waals surface area contributed by atoms with Gasteiger partial charge in [-0.25, -0.2) is 4.98 Å². The van der Waals surface area contributed by atoms with Crippen LogP contribution in [0.25, 0.3) is 0 Å². The summed E-state index contributed by atoms with van der Waals surface area (Å²) in [6, 6.07) is 4.75. The normalized spacial score (nSPS) is 11.5. The summed E-state index contributed by atoms with van der Waals surface area (Å²) < 4.78 is 5.50. The van der Waals surface area contributed by atoms with Crippen LogP contribution in [0, 0.1) is 0 Å². The van der Waals surface area contributed by atoms with Crippen molar-refractivity contribution < 1.29 is 14.3 Å². The number of ether oxygens (including phenoxy) is 1. The second-order valence-electron chi connectivity index (χ2n) is 4.97. The second kappa shape index (κ2) is 9.19. The number of rotatable bonds is 7. The minimum absolute atomic E-state index is 0.211. The maximum Gasteiger partial charge on any atom is 0.271 e. The summed E-state index contributed by atoms with van der Waals surface area (Å²) in [6.07, 6.45) is 3.51. The fourth-order valence-corrected chi connectivity index (χ4v) is 2.28. The zero-order valence-corrected chi connectivity index (χ0v) is 14.8. The van der Waals surface area contributed by atoms with Gasteiger partial charge in [-0.15, -0.1) is 0 Å². The second-order valence-corrected chi connectivity index (χ2v) is 5.82. The van der Waals surface area contributed by atoms with Crippen LogP contribution in [0.15, 0.2) is 36.8 Å². The van der Waals surface area contributed by atoms with Crippen LogP contribution in [0.4, 0.5) is 0 Å². The van der Waals surface area contributed by atoms with Crippen LogP contribution in [0.3, 0.4) is 0 Å². The first kappa shape index (κ1) is 19.0. The highest BCUT2D eigenvalue weighted by atomic mass is 35.5. The smallest absolute Gasteiger partial charge is 0.271 e. The molecule has 2 N–H and O–H groups in total. The molecule has 1 atom stereocenters. The number of carbonyl (C=O) groups excluding carboxylic acids is 2. The topological polar surface area (TPSA) is 93.2 Å². The minimum Gasteiger partial charge on any atom is -0.479 e. The number of amides is 2. The molecule has 2 rings (SSSR count). The molecular weight excluding hydrogens is 367 g/mol. The van der Waals surface area contributed by atoms with Crippen LogP contribution >= 0.6 is 23.2 Å². The predicted molar refractivity (Wildman–Crippen MR) is 93.9 cm³/mol. The van der Waals surface area contributed by atoms with Crippen molar-refractivity contribution in [1.82, 2.24) is 20.6 Å². The van der Waals surface area contributed by atoms with Crippen molar-refractivity contribution in [3.63, 3.8) is 0 Å². The van der Waals surface area contributed by atoms with E-state index in [1.54, 1.807) is 19.1 Å². The first-order chi connectivity index (χ1) is 12.0. The van der Waals surface area contributed by atoms with Gasteiger partial charge in [0.15, 0.2) is 6.10 Å². The van der Waals surface area contributed by atoms with Crippen LogP contribution < -0.4 is 15.4 Å². The Balaban J connectivity index is 1.73. The van der Waals surface area contributed by atoms with Crippen molar-refractivity contribution in [1.29, 1.82) is 0 Å². The van der Waals surface area contributed by atoms with E-state index in [1.165, 1.54) is 24.7 Å². The van der Waals surface area contributed by atoms with Gasteiger partial charge in [0, 0.05) is 30.5 Å². The third-order valence-electron chi connectivity index (χ3n) is 3.07. The van der Waals surface area contributed by atoms with Crippen LogP contribution in [0.1, 0.15) is 17.4 Å². The number of halogens is 2. The minimum atomic E-state index is -0.755. The molecule has 25 heavy (non-hydrogen) atoms. The summed E-state index contributed by atoms with van der Waals surface area (Å²) in [5.74, 6) is -0.330. The molecule has 9 heteroatoms. The lowest BCUT2D eigenvalue weighted by Gasteiger charge is -2.15. The Labute approximate surface area is 154 Å². The fraction of sp³-hybridized carbons (Fsp3) is 0.250. The molecule has 2 amide bonds. The van der Waals surface area contributed by atoms with Gasteiger partial charge < -0.3 is 15.4 Å². The van der Waals surface area contributed by atoms with Gasteiger partial charge in [-0.3, -0.25) is 14.6 Å². The van der Waals surface area contributed by atoms with Crippen molar-refractivity contribution in [3.8, 4) is 5.75 Å². The van der Waals surface area contributed by atoms with Crippen LogP contribution in [-0.4, -0.2) is 41.0 Å². The molecule has 0 fully saturated rings. The number of hydrogen-bond donors (Lipinski definition) is 2. The molecule has 0 aliphatic rings. The Bertz CT molecular complexity index is 743. The van der Waals surface area contributed by atoms with Gasteiger partial charge in [0.05, 0.1) is 11.2 Å². The van der Waals surface area contributed by atoms with E-state index in [2.05, 4.69) is 20.6 Å².